The first-order chi connectivity index (χ1) is 16.7. The van der Waals surface area contributed by atoms with Crippen molar-refractivity contribution < 1.29 is 75.2 Å². The Balaban J connectivity index is 2.27. The van der Waals surface area contributed by atoms with Crippen molar-refractivity contribution in [1.82, 2.24) is 5.32 Å². The molecule has 0 saturated carbocycles. The number of ether oxygens (including phenoxy) is 3. The summed E-state index contributed by atoms with van der Waals surface area (Å²) in [5.41, 5.74) is -2.92. The minimum atomic E-state index is -3.30. The van der Waals surface area contributed by atoms with Gasteiger partial charge in [0.15, 0.2) is 5.54 Å². The van der Waals surface area contributed by atoms with E-state index in [1.807, 2.05) is 0 Å². The van der Waals surface area contributed by atoms with Crippen LogP contribution in [0, 0.1) is 0 Å². The van der Waals surface area contributed by atoms with Gasteiger partial charge in [-0.2, -0.15) is 0 Å². The van der Waals surface area contributed by atoms with Gasteiger partial charge in [-0.3, -0.25) is 4.79 Å². The number of carbonyl (C=O) groups is 1. The van der Waals surface area contributed by atoms with E-state index in [0.29, 0.717) is 0 Å². The summed E-state index contributed by atoms with van der Waals surface area (Å²) in [4.78, 5) is 12.4. The number of amides is 1. The lowest BCUT2D eigenvalue weighted by Gasteiger charge is -2.63. The van der Waals surface area contributed by atoms with Crippen molar-refractivity contribution in [3.8, 4) is 0 Å². The Morgan fingerprint density at radius 1 is 0.750 bits per heavy atom. The van der Waals surface area contributed by atoms with Gasteiger partial charge in [-0.25, -0.2) is 0 Å². The molecule has 3 unspecified atom stereocenters. The van der Waals surface area contributed by atoms with Crippen molar-refractivity contribution in [2.45, 2.75) is 105 Å². The monoisotopic (exact) mass is 529 g/mol. The fourth-order valence-corrected chi connectivity index (χ4v) is 5.28. The molecule has 3 rings (SSSR count). The van der Waals surface area contributed by atoms with Crippen LogP contribution in [0.15, 0.2) is 0 Å². The van der Waals surface area contributed by atoms with Gasteiger partial charge in [0.1, 0.15) is 73.2 Å². The summed E-state index contributed by atoms with van der Waals surface area (Å²) in [6.45, 7) is 0.199. The van der Waals surface area contributed by atoms with Crippen molar-refractivity contribution in [2.75, 3.05) is 13.2 Å². The van der Waals surface area contributed by atoms with Crippen molar-refractivity contribution >= 4 is 5.91 Å². The SMILES string of the molecule is CC(=O)N[C@]1(C2O[C@@H](C)[C@@H](O)[C@@H](O)[C@@H]2O)[C@@H](O)[C@H](O)[C@@H](CO)OC1(O)C1O[C@H](CO)[C@H](O)[C@H](O)[C@H]1O. The van der Waals surface area contributed by atoms with Crippen LogP contribution in [0.4, 0.5) is 0 Å². The van der Waals surface area contributed by atoms with E-state index in [-0.39, 0.29) is 0 Å². The highest BCUT2D eigenvalue weighted by molar-refractivity contribution is 5.74. The van der Waals surface area contributed by atoms with Crippen molar-refractivity contribution in [1.29, 1.82) is 0 Å². The molecule has 3 aliphatic rings. The van der Waals surface area contributed by atoms with E-state index < -0.39 is 110 Å². The number of hydrogen-bond donors (Lipinski definition) is 12. The molecule has 3 aliphatic heterocycles. The molecule has 3 heterocycles. The Hall–Kier alpha value is -1.09. The molecule has 16 nitrogen and oxygen atoms in total. The summed E-state index contributed by atoms with van der Waals surface area (Å²) >= 11 is 0. The van der Waals surface area contributed by atoms with Crippen LogP contribution >= 0.6 is 0 Å². The highest BCUT2D eigenvalue weighted by Gasteiger charge is 2.75. The Morgan fingerprint density at radius 2 is 1.28 bits per heavy atom. The first-order valence-corrected chi connectivity index (χ1v) is 11.4. The predicted octanol–water partition coefficient (Wildman–Crippen LogP) is -7.62. The summed E-state index contributed by atoms with van der Waals surface area (Å²) < 4.78 is 16.5. The third-order valence-electron chi connectivity index (χ3n) is 7.24. The van der Waals surface area contributed by atoms with Gasteiger partial charge in [-0.1, -0.05) is 0 Å². The Bertz CT molecular complexity index is 788. The third-order valence-corrected chi connectivity index (χ3v) is 7.24. The van der Waals surface area contributed by atoms with E-state index in [1.165, 1.54) is 6.92 Å². The first-order valence-electron chi connectivity index (χ1n) is 11.4. The fraction of sp³-hybridized carbons (Fsp3) is 0.950. The lowest BCUT2D eigenvalue weighted by molar-refractivity contribution is -0.425. The second-order valence-electron chi connectivity index (χ2n) is 9.50. The highest BCUT2D eigenvalue weighted by Crippen LogP contribution is 2.48. The summed E-state index contributed by atoms with van der Waals surface area (Å²) in [6.07, 6.45) is -25.5. The van der Waals surface area contributed by atoms with Gasteiger partial charge < -0.3 is 75.7 Å². The zero-order valence-corrected chi connectivity index (χ0v) is 19.5. The summed E-state index contributed by atoms with van der Waals surface area (Å²) in [5, 5.41) is 118. The molecule has 0 radical (unpaired) electrons. The zero-order chi connectivity index (χ0) is 27.3. The summed E-state index contributed by atoms with van der Waals surface area (Å²) in [7, 11) is 0. The molecule has 0 aromatic rings. The molecule has 1 amide bonds. The van der Waals surface area contributed by atoms with Gasteiger partial charge in [0.2, 0.25) is 11.7 Å². The van der Waals surface area contributed by atoms with Gasteiger partial charge in [-0.05, 0) is 6.92 Å². The van der Waals surface area contributed by atoms with Gasteiger partial charge >= 0.3 is 0 Å². The van der Waals surface area contributed by atoms with E-state index in [2.05, 4.69) is 5.32 Å². The number of aliphatic hydroxyl groups is 11. The van der Waals surface area contributed by atoms with Crippen LogP contribution in [-0.4, -0.2) is 166 Å². The minimum Gasteiger partial charge on any atom is -0.394 e. The van der Waals surface area contributed by atoms with Crippen LogP contribution in [0.3, 0.4) is 0 Å². The molecule has 15 atom stereocenters. The topological polar surface area (TPSA) is 279 Å². The van der Waals surface area contributed by atoms with Gasteiger partial charge in [-0.15, -0.1) is 0 Å². The maximum absolute atomic E-state index is 12.4. The highest BCUT2D eigenvalue weighted by atomic mass is 16.7. The average Bonchev–Trinajstić information content (AvgIpc) is 2.83. The average molecular weight is 529 g/mol. The van der Waals surface area contributed by atoms with E-state index >= 15 is 0 Å². The lowest BCUT2D eigenvalue weighted by Crippen LogP contribution is -2.89. The van der Waals surface area contributed by atoms with Crippen LogP contribution in [0.5, 0.6) is 0 Å². The van der Waals surface area contributed by atoms with Crippen LogP contribution in [0.2, 0.25) is 0 Å². The molecule has 0 spiro atoms. The third kappa shape index (κ3) is 4.34. The summed E-state index contributed by atoms with van der Waals surface area (Å²) in [5.74, 6) is -4.31. The fourth-order valence-electron chi connectivity index (χ4n) is 5.28. The predicted molar refractivity (Wildman–Crippen MR) is 112 cm³/mol. The number of hydrogen-bond acceptors (Lipinski definition) is 15. The first kappa shape index (κ1) is 29.5. The molecule has 210 valence electrons. The molecule has 12 N–H and O–H groups in total. The molecule has 0 aromatic heterocycles. The molecular weight excluding hydrogens is 494 g/mol. The van der Waals surface area contributed by atoms with E-state index in [4.69, 9.17) is 14.2 Å². The molecule has 3 saturated heterocycles. The molecule has 16 heteroatoms. The van der Waals surface area contributed by atoms with Crippen molar-refractivity contribution in [3.05, 3.63) is 0 Å². The number of nitrogens with one attached hydrogen (secondary N) is 1. The maximum atomic E-state index is 12.4. The van der Waals surface area contributed by atoms with E-state index in [0.717, 1.165) is 6.92 Å². The minimum absolute atomic E-state index is 0.913. The lowest BCUT2D eigenvalue weighted by atomic mass is 9.66. The van der Waals surface area contributed by atoms with Crippen LogP contribution < -0.4 is 5.32 Å². The van der Waals surface area contributed by atoms with Crippen molar-refractivity contribution in [2.24, 2.45) is 0 Å². The molecule has 36 heavy (non-hydrogen) atoms. The maximum Gasteiger partial charge on any atom is 0.224 e. The quantitative estimate of drug-likeness (QED) is 0.157. The molecule has 3 fully saturated rings. The van der Waals surface area contributed by atoms with Crippen molar-refractivity contribution in [3.63, 3.8) is 0 Å². The van der Waals surface area contributed by atoms with Gasteiger partial charge in [0.05, 0.1) is 19.3 Å². The number of rotatable bonds is 5. The van der Waals surface area contributed by atoms with Gasteiger partial charge in [0, 0.05) is 6.92 Å². The second kappa shape index (κ2) is 10.6. The summed E-state index contributed by atoms with van der Waals surface area (Å²) in [6, 6.07) is 0. The Kier molecular flexibility index (Phi) is 8.66. The number of carbonyl (C=O) groups excluding carboxylic acids is 1. The van der Waals surface area contributed by atoms with Gasteiger partial charge in [0.25, 0.3) is 0 Å². The zero-order valence-electron chi connectivity index (χ0n) is 19.5. The number of aliphatic hydroxyl groups excluding tert-OH is 10. The molecule has 0 aliphatic carbocycles. The van der Waals surface area contributed by atoms with E-state index in [1.54, 1.807) is 0 Å². The second-order valence-corrected chi connectivity index (χ2v) is 9.50. The van der Waals surface area contributed by atoms with E-state index in [9.17, 15) is 61.0 Å². The molecule has 0 aromatic carbocycles. The molecular formula is C20H35NO15. The Morgan fingerprint density at radius 3 is 1.81 bits per heavy atom. The Labute approximate surface area is 204 Å². The van der Waals surface area contributed by atoms with Crippen LogP contribution in [0.1, 0.15) is 13.8 Å². The standard InChI is InChI=1S/C20H35NO15/c1-5-9(25)12(28)14(30)17(34-5)19(21-6(2)24)16(32)11(27)8(4-23)36-20(19,33)18-15(31)13(29)10(26)7(3-22)35-18/h5,7-18,22-23,25-33H,3-4H2,1-2H3,(H,21,24)/t5-,7+,8+,9+,10-,11+,12+,13-,14-,15+,16-,17?,18?,19-,20?/m0/s1. The molecule has 0 bridgehead atoms. The van der Waals surface area contributed by atoms with Crippen LogP contribution in [-0.2, 0) is 19.0 Å². The smallest absolute Gasteiger partial charge is 0.224 e. The largest absolute Gasteiger partial charge is 0.394 e. The van der Waals surface area contributed by atoms with Crippen LogP contribution in [0.25, 0.3) is 0 Å². The normalized spacial score (nSPS) is 54.2.